The molecule has 0 aliphatic carbocycles. The van der Waals surface area contributed by atoms with E-state index in [1.165, 1.54) is 0 Å². The van der Waals surface area contributed by atoms with Gasteiger partial charge >= 0.3 is 5.97 Å². The minimum absolute atomic E-state index is 0.248. The Morgan fingerprint density at radius 3 is 2.50 bits per heavy atom. The standard InChI is InChI=1S/C18H26N2O4/c1-14(2)3-8-18(22)24-13-17(21)19-15-4-6-16(7-5-15)20-9-11-23-12-10-20/h4-7,14H,3,8-13H2,1-2H3,(H,19,21). The maximum absolute atomic E-state index is 11.8. The molecule has 1 aromatic rings. The lowest BCUT2D eigenvalue weighted by molar-refractivity contribution is -0.147. The molecule has 0 saturated carbocycles. The van der Waals surface area contributed by atoms with Gasteiger partial charge in [-0.3, -0.25) is 9.59 Å². The molecule has 0 unspecified atom stereocenters. The molecule has 1 aliphatic rings. The number of esters is 1. The minimum Gasteiger partial charge on any atom is -0.456 e. The molecular formula is C18H26N2O4. The number of nitrogens with one attached hydrogen (secondary N) is 1. The molecule has 0 aromatic heterocycles. The van der Waals surface area contributed by atoms with Gasteiger partial charge in [0.2, 0.25) is 0 Å². The van der Waals surface area contributed by atoms with E-state index in [4.69, 9.17) is 9.47 Å². The highest BCUT2D eigenvalue weighted by Crippen LogP contribution is 2.19. The number of benzene rings is 1. The van der Waals surface area contributed by atoms with Crippen molar-refractivity contribution in [2.24, 2.45) is 5.92 Å². The first-order valence-electron chi connectivity index (χ1n) is 8.43. The molecule has 1 aliphatic heterocycles. The third kappa shape index (κ3) is 6.20. The Bertz CT molecular complexity index is 536. The van der Waals surface area contributed by atoms with E-state index in [0.29, 0.717) is 18.0 Å². The van der Waals surface area contributed by atoms with Gasteiger partial charge in [0, 0.05) is 30.9 Å². The van der Waals surface area contributed by atoms with E-state index in [9.17, 15) is 9.59 Å². The molecule has 2 rings (SSSR count). The van der Waals surface area contributed by atoms with Crippen LogP contribution in [0.4, 0.5) is 11.4 Å². The van der Waals surface area contributed by atoms with E-state index in [1.807, 2.05) is 38.1 Å². The largest absolute Gasteiger partial charge is 0.456 e. The van der Waals surface area contributed by atoms with Gasteiger partial charge in [0.05, 0.1) is 13.2 Å². The minimum atomic E-state index is -0.332. The number of anilines is 2. The van der Waals surface area contributed by atoms with Crippen LogP contribution in [0.2, 0.25) is 0 Å². The lowest BCUT2D eigenvalue weighted by Gasteiger charge is -2.28. The number of ether oxygens (including phenoxy) is 2. The summed E-state index contributed by atoms with van der Waals surface area (Å²) in [5, 5.41) is 2.73. The van der Waals surface area contributed by atoms with Crippen LogP contribution in [0.1, 0.15) is 26.7 Å². The Balaban J connectivity index is 1.74. The Labute approximate surface area is 143 Å². The second-order valence-corrected chi connectivity index (χ2v) is 6.29. The molecule has 24 heavy (non-hydrogen) atoms. The first-order chi connectivity index (χ1) is 11.5. The fraction of sp³-hybridized carbons (Fsp3) is 0.556. The molecule has 1 aromatic carbocycles. The van der Waals surface area contributed by atoms with Crippen molar-refractivity contribution in [1.82, 2.24) is 0 Å². The molecule has 1 saturated heterocycles. The molecule has 6 nitrogen and oxygen atoms in total. The fourth-order valence-corrected chi connectivity index (χ4v) is 2.40. The maximum Gasteiger partial charge on any atom is 0.306 e. The normalized spacial score (nSPS) is 14.5. The van der Waals surface area contributed by atoms with Crippen LogP contribution >= 0.6 is 0 Å². The van der Waals surface area contributed by atoms with Gasteiger partial charge in [-0.05, 0) is 36.6 Å². The van der Waals surface area contributed by atoms with E-state index in [2.05, 4.69) is 10.2 Å². The van der Waals surface area contributed by atoms with E-state index < -0.39 is 0 Å². The van der Waals surface area contributed by atoms with Crippen LogP contribution in [0, 0.1) is 5.92 Å². The predicted molar refractivity (Wildman–Crippen MR) is 93.1 cm³/mol. The average Bonchev–Trinajstić information content (AvgIpc) is 2.59. The smallest absolute Gasteiger partial charge is 0.306 e. The van der Waals surface area contributed by atoms with Gasteiger partial charge in [0.15, 0.2) is 6.61 Å². The van der Waals surface area contributed by atoms with E-state index in [-0.39, 0.29) is 18.5 Å². The van der Waals surface area contributed by atoms with Crippen molar-refractivity contribution in [1.29, 1.82) is 0 Å². The molecule has 1 heterocycles. The highest BCUT2D eigenvalue weighted by molar-refractivity contribution is 5.92. The number of amides is 1. The lowest BCUT2D eigenvalue weighted by atomic mass is 10.1. The molecule has 0 spiro atoms. The molecule has 0 bridgehead atoms. The fourth-order valence-electron chi connectivity index (χ4n) is 2.40. The second-order valence-electron chi connectivity index (χ2n) is 6.29. The highest BCUT2D eigenvalue weighted by atomic mass is 16.5. The van der Waals surface area contributed by atoms with Crippen LogP contribution in [0.15, 0.2) is 24.3 Å². The summed E-state index contributed by atoms with van der Waals surface area (Å²) in [6.07, 6.45) is 1.11. The van der Waals surface area contributed by atoms with Gasteiger partial charge in [-0.15, -0.1) is 0 Å². The molecule has 0 radical (unpaired) electrons. The third-order valence-corrected chi connectivity index (χ3v) is 3.82. The Morgan fingerprint density at radius 2 is 1.88 bits per heavy atom. The van der Waals surface area contributed by atoms with Crippen molar-refractivity contribution in [3.63, 3.8) is 0 Å². The SMILES string of the molecule is CC(C)CCC(=O)OCC(=O)Nc1ccc(N2CCOCC2)cc1. The summed E-state index contributed by atoms with van der Waals surface area (Å²) in [5.41, 5.74) is 1.80. The van der Waals surface area contributed by atoms with E-state index >= 15 is 0 Å². The quantitative estimate of drug-likeness (QED) is 0.776. The third-order valence-electron chi connectivity index (χ3n) is 3.82. The zero-order valence-corrected chi connectivity index (χ0v) is 14.4. The van der Waals surface area contributed by atoms with Crippen molar-refractivity contribution in [2.45, 2.75) is 26.7 Å². The molecule has 132 valence electrons. The van der Waals surface area contributed by atoms with Crippen LogP contribution in [0.3, 0.4) is 0 Å². The zero-order valence-electron chi connectivity index (χ0n) is 14.4. The molecule has 1 N–H and O–H groups in total. The molecular weight excluding hydrogens is 308 g/mol. The number of morpholine rings is 1. The van der Waals surface area contributed by atoms with Gasteiger partial charge in [0.25, 0.3) is 5.91 Å². The van der Waals surface area contributed by atoms with Crippen LogP contribution in [-0.2, 0) is 19.1 Å². The summed E-state index contributed by atoms with van der Waals surface area (Å²) in [5.74, 6) is -0.218. The van der Waals surface area contributed by atoms with Gasteiger partial charge in [-0.25, -0.2) is 0 Å². The van der Waals surface area contributed by atoms with Gasteiger partial charge in [-0.2, -0.15) is 0 Å². The first-order valence-corrected chi connectivity index (χ1v) is 8.43. The Morgan fingerprint density at radius 1 is 1.21 bits per heavy atom. The Kier molecular flexibility index (Phi) is 7.06. The van der Waals surface area contributed by atoms with Crippen LogP contribution in [0.25, 0.3) is 0 Å². The lowest BCUT2D eigenvalue weighted by Crippen LogP contribution is -2.36. The van der Waals surface area contributed by atoms with Crippen LogP contribution in [-0.4, -0.2) is 44.8 Å². The van der Waals surface area contributed by atoms with Crippen molar-refractivity contribution in [3.05, 3.63) is 24.3 Å². The first kappa shape index (κ1) is 18.3. The summed E-state index contributed by atoms with van der Waals surface area (Å²) in [6.45, 7) is 7.06. The van der Waals surface area contributed by atoms with Crippen molar-refractivity contribution >= 4 is 23.3 Å². The topological polar surface area (TPSA) is 67.9 Å². The predicted octanol–water partition coefficient (Wildman–Crippen LogP) is 2.44. The molecule has 1 fully saturated rings. The summed E-state index contributed by atoms with van der Waals surface area (Å²) >= 11 is 0. The number of carbonyl (C=O) groups is 2. The average molecular weight is 334 g/mol. The van der Waals surface area contributed by atoms with Gasteiger partial charge < -0.3 is 19.7 Å². The molecule has 1 amide bonds. The van der Waals surface area contributed by atoms with Gasteiger partial charge in [0.1, 0.15) is 0 Å². The van der Waals surface area contributed by atoms with Gasteiger partial charge in [-0.1, -0.05) is 13.8 Å². The van der Waals surface area contributed by atoms with Crippen molar-refractivity contribution < 1.29 is 19.1 Å². The van der Waals surface area contributed by atoms with Crippen molar-refractivity contribution in [3.8, 4) is 0 Å². The van der Waals surface area contributed by atoms with E-state index in [0.717, 1.165) is 38.4 Å². The number of carbonyl (C=O) groups excluding carboxylic acids is 2. The van der Waals surface area contributed by atoms with Crippen molar-refractivity contribution in [2.75, 3.05) is 43.1 Å². The molecule has 6 heteroatoms. The van der Waals surface area contributed by atoms with Crippen LogP contribution < -0.4 is 10.2 Å². The second kappa shape index (κ2) is 9.27. The summed E-state index contributed by atoms with van der Waals surface area (Å²) < 4.78 is 10.3. The summed E-state index contributed by atoms with van der Waals surface area (Å²) in [4.78, 5) is 25.6. The number of rotatable bonds is 7. The number of hydrogen-bond donors (Lipinski definition) is 1. The monoisotopic (exact) mass is 334 g/mol. The number of hydrogen-bond acceptors (Lipinski definition) is 5. The van der Waals surface area contributed by atoms with Crippen LogP contribution in [0.5, 0.6) is 0 Å². The summed E-state index contributed by atoms with van der Waals surface area (Å²) in [7, 11) is 0. The highest BCUT2D eigenvalue weighted by Gasteiger charge is 2.12. The van der Waals surface area contributed by atoms with E-state index in [1.54, 1.807) is 0 Å². The summed E-state index contributed by atoms with van der Waals surface area (Å²) in [6, 6.07) is 7.64. The number of nitrogens with zero attached hydrogens (tertiary/aromatic N) is 1. The maximum atomic E-state index is 11.8. The Hall–Kier alpha value is -2.08. The zero-order chi connectivity index (χ0) is 17.4. The molecule has 0 atom stereocenters.